The topological polar surface area (TPSA) is 38.3 Å². The molecule has 1 aromatic rings. The molecule has 1 N–H and O–H groups in total. The quantitative estimate of drug-likeness (QED) is 0.886. The molecule has 3 nitrogen and oxygen atoms in total. The number of hydrogen-bond donors (Lipinski definition) is 1. The van der Waals surface area contributed by atoms with Gasteiger partial charge in [-0.3, -0.25) is 4.79 Å². The Kier molecular flexibility index (Phi) is 3.51. The van der Waals surface area contributed by atoms with Crippen molar-refractivity contribution in [2.75, 3.05) is 7.11 Å². The number of ether oxygens (including phenoxy) is 1. The van der Waals surface area contributed by atoms with Crippen molar-refractivity contribution in [1.82, 2.24) is 5.32 Å². The highest BCUT2D eigenvalue weighted by Gasteiger charge is 2.22. The Morgan fingerprint density at radius 1 is 1.33 bits per heavy atom. The van der Waals surface area contributed by atoms with Crippen LogP contribution in [0.25, 0.3) is 6.08 Å². The molecule has 0 unspecified atom stereocenters. The van der Waals surface area contributed by atoms with Crippen LogP contribution in [0.2, 0.25) is 0 Å². The Bertz CT molecular complexity index is 541. The molecule has 18 heavy (non-hydrogen) atoms. The van der Waals surface area contributed by atoms with Gasteiger partial charge in [0, 0.05) is 16.8 Å². The molecule has 1 aliphatic heterocycles. The van der Waals surface area contributed by atoms with Crippen molar-refractivity contribution in [2.45, 2.75) is 20.3 Å². The number of hydrogen-bond acceptors (Lipinski definition) is 2. The van der Waals surface area contributed by atoms with Crippen LogP contribution in [0.15, 0.2) is 41.1 Å². The zero-order chi connectivity index (χ0) is 13.1. The lowest BCUT2D eigenvalue weighted by Crippen LogP contribution is -2.16. The highest BCUT2D eigenvalue weighted by molar-refractivity contribution is 6.01. The van der Waals surface area contributed by atoms with Crippen molar-refractivity contribution in [2.24, 2.45) is 0 Å². The van der Waals surface area contributed by atoms with Gasteiger partial charge in [0.15, 0.2) is 0 Å². The second-order valence-corrected chi connectivity index (χ2v) is 4.21. The summed E-state index contributed by atoms with van der Waals surface area (Å²) in [5.74, 6) is 0.813. The fraction of sp³-hybridized carbons (Fsp3) is 0.267. The first-order valence-electron chi connectivity index (χ1n) is 6.03. The van der Waals surface area contributed by atoms with E-state index in [4.69, 9.17) is 4.74 Å². The molecular formula is C15H17NO2. The van der Waals surface area contributed by atoms with Gasteiger partial charge >= 0.3 is 0 Å². The summed E-state index contributed by atoms with van der Waals surface area (Å²) in [5.41, 5.74) is 3.71. The number of rotatable bonds is 3. The molecule has 0 radical (unpaired) electrons. The largest absolute Gasteiger partial charge is 0.496 e. The molecule has 0 aromatic heterocycles. The van der Waals surface area contributed by atoms with Crippen LogP contribution in [0.4, 0.5) is 0 Å². The maximum absolute atomic E-state index is 11.7. The molecule has 1 heterocycles. The molecule has 0 bridgehead atoms. The van der Waals surface area contributed by atoms with Crippen LogP contribution in [-0.2, 0) is 4.79 Å². The molecule has 3 heteroatoms. The third-order valence-corrected chi connectivity index (χ3v) is 3.17. The summed E-state index contributed by atoms with van der Waals surface area (Å²) in [7, 11) is 1.64. The normalized spacial score (nSPS) is 17.3. The number of nitrogens with one attached hydrogen (secondary N) is 1. The molecule has 0 atom stereocenters. The summed E-state index contributed by atoms with van der Waals surface area (Å²) in [4.78, 5) is 11.7. The van der Waals surface area contributed by atoms with Crippen molar-refractivity contribution >= 4 is 12.0 Å². The summed E-state index contributed by atoms with van der Waals surface area (Å²) < 4.78 is 5.30. The summed E-state index contributed by atoms with van der Waals surface area (Å²) >= 11 is 0. The third kappa shape index (κ3) is 2.16. The first-order chi connectivity index (χ1) is 8.67. The van der Waals surface area contributed by atoms with E-state index in [-0.39, 0.29) is 5.91 Å². The standard InChI is InChI=1S/C15H17NO2/c1-4-12-10(2)13(16-15(12)17)9-11-7-5-6-8-14(11)18-3/h5-9H,4H2,1-3H3,(H,16,17)/b13-9-. The number of carbonyl (C=O) groups is 1. The maximum Gasteiger partial charge on any atom is 0.251 e. The van der Waals surface area contributed by atoms with E-state index in [1.54, 1.807) is 7.11 Å². The first-order valence-corrected chi connectivity index (χ1v) is 6.03. The Balaban J connectivity index is 2.41. The smallest absolute Gasteiger partial charge is 0.251 e. The Hall–Kier alpha value is -2.03. The lowest BCUT2D eigenvalue weighted by Gasteiger charge is -2.06. The summed E-state index contributed by atoms with van der Waals surface area (Å²) in [6, 6.07) is 7.75. The predicted octanol–water partition coefficient (Wildman–Crippen LogP) is 2.89. The monoisotopic (exact) mass is 243 g/mol. The molecule has 94 valence electrons. The van der Waals surface area contributed by atoms with Crippen LogP contribution in [0.1, 0.15) is 25.8 Å². The van der Waals surface area contributed by atoms with Crippen LogP contribution >= 0.6 is 0 Å². The Morgan fingerprint density at radius 3 is 2.67 bits per heavy atom. The highest BCUT2D eigenvalue weighted by Crippen LogP contribution is 2.27. The van der Waals surface area contributed by atoms with Crippen molar-refractivity contribution < 1.29 is 9.53 Å². The summed E-state index contributed by atoms with van der Waals surface area (Å²) in [5, 5.41) is 2.90. The van der Waals surface area contributed by atoms with Crippen LogP contribution in [0.3, 0.4) is 0 Å². The minimum atomic E-state index is 0.0103. The van der Waals surface area contributed by atoms with E-state index < -0.39 is 0 Å². The van der Waals surface area contributed by atoms with Crippen LogP contribution < -0.4 is 10.1 Å². The SMILES string of the molecule is CCC1=C(C)/C(=C/c2ccccc2OC)NC1=O. The van der Waals surface area contributed by atoms with Crippen molar-refractivity contribution in [3.8, 4) is 5.75 Å². The molecule has 2 rings (SSSR count). The number of benzene rings is 1. The molecule has 0 aliphatic carbocycles. The molecule has 0 saturated carbocycles. The zero-order valence-electron chi connectivity index (χ0n) is 10.9. The van der Waals surface area contributed by atoms with Crippen molar-refractivity contribution in [3.63, 3.8) is 0 Å². The molecule has 1 aromatic carbocycles. The molecular weight excluding hydrogens is 226 g/mol. The minimum Gasteiger partial charge on any atom is -0.496 e. The van der Waals surface area contributed by atoms with E-state index in [0.29, 0.717) is 0 Å². The van der Waals surface area contributed by atoms with Gasteiger partial charge in [-0.15, -0.1) is 0 Å². The number of amides is 1. The average Bonchev–Trinajstić information content (AvgIpc) is 2.65. The number of methoxy groups -OCH3 is 1. The van der Waals surface area contributed by atoms with E-state index in [0.717, 1.165) is 34.6 Å². The van der Waals surface area contributed by atoms with Crippen LogP contribution in [-0.4, -0.2) is 13.0 Å². The molecule has 0 saturated heterocycles. The lowest BCUT2D eigenvalue weighted by atomic mass is 10.1. The van der Waals surface area contributed by atoms with E-state index >= 15 is 0 Å². The van der Waals surface area contributed by atoms with Gasteiger partial charge in [-0.1, -0.05) is 25.1 Å². The fourth-order valence-electron chi connectivity index (χ4n) is 2.14. The second kappa shape index (κ2) is 5.08. The van der Waals surface area contributed by atoms with Gasteiger partial charge in [0.25, 0.3) is 5.91 Å². The third-order valence-electron chi connectivity index (χ3n) is 3.17. The van der Waals surface area contributed by atoms with Crippen molar-refractivity contribution in [3.05, 3.63) is 46.7 Å². The Morgan fingerprint density at radius 2 is 2.06 bits per heavy atom. The molecule has 1 aliphatic rings. The van der Waals surface area contributed by atoms with E-state index in [1.165, 1.54) is 0 Å². The van der Waals surface area contributed by atoms with E-state index in [2.05, 4.69) is 5.32 Å². The molecule has 0 spiro atoms. The highest BCUT2D eigenvalue weighted by atomic mass is 16.5. The minimum absolute atomic E-state index is 0.0103. The van der Waals surface area contributed by atoms with E-state index in [9.17, 15) is 4.79 Å². The van der Waals surface area contributed by atoms with Gasteiger partial charge in [0.05, 0.1) is 7.11 Å². The Labute approximate surface area is 107 Å². The van der Waals surface area contributed by atoms with Gasteiger partial charge in [0.1, 0.15) is 5.75 Å². The summed E-state index contributed by atoms with van der Waals surface area (Å²) in [6.45, 7) is 3.96. The first kappa shape index (κ1) is 12.4. The fourth-order valence-corrected chi connectivity index (χ4v) is 2.14. The van der Waals surface area contributed by atoms with Gasteiger partial charge in [0.2, 0.25) is 0 Å². The summed E-state index contributed by atoms with van der Waals surface area (Å²) in [6.07, 6.45) is 2.70. The molecule has 1 amide bonds. The average molecular weight is 243 g/mol. The van der Waals surface area contributed by atoms with Crippen molar-refractivity contribution in [1.29, 1.82) is 0 Å². The number of carbonyl (C=O) groups excluding carboxylic acids is 1. The zero-order valence-corrected chi connectivity index (χ0v) is 10.9. The van der Waals surface area contributed by atoms with Crippen LogP contribution in [0.5, 0.6) is 5.75 Å². The van der Waals surface area contributed by atoms with Gasteiger partial charge in [-0.25, -0.2) is 0 Å². The van der Waals surface area contributed by atoms with E-state index in [1.807, 2.05) is 44.2 Å². The maximum atomic E-state index is 11.7. The van der Waals surface area contributed by atoms with Gasteiger partial charge < -0.3 is 10.1 Å². The second-order valence-electron chi connectivity index (χ2n) is 4.21. The van der Waals surface area contributed by atoms with Gasteiger partial charge in [-0.05, 0) is 31.1 Å². The lowest BCUT2D eigenvalue weighted by molar-refractivity contribution is -0.116. The number of para-hydroxylation sites is 1. The predicted molar refractivity (Wildman–Crippen MR) is 72.1 cm³/mol. The van der Waals surface area contributed by atoms with Gasteiger partial charge in [-0.2, -0.15) is 0 Å². The molecule has 0 fully saturated rings. The van der Waals surface area contributed by atoms with Crippen LogP contribution in [0, 0.1) is 0 Å². The number of allylic oxidation sites excluding steroid dienone is 1.